The van der Waals surface area contributed by atoms with Crippen LogP contribution in [-0.2, 0) is 4.79 Å². The molecule has 0 unspecified atom stereocenters. The zero-order valence-electron chi connectivity index (χ0n) is 9.68. The lowest BCUT2D eigenvalue weighted by Gasteiger charge is -2.19. The second-order valence-corrected chi connectivity index (χ2v) is 3.27. The molecule has 0 aliphatic carbocycles. The van der Waals surface area contributed by atoms with E-state index in [-0.39, 0.29) is 12.5 Å². The molecule has 1 amide bonds. The number of ether oxygens (including phenoxy) is 1. The van der Waals surface area contributed by atoms with E-state index in [0.717, 1.165) is 17.0 Å². The minimum absolute atomic E-state index is 0.0873. The molecule has 0 atom stereocenters. The number of aryl methyl sites for hydroxylation is 2. The van der Waals surface area contributed by atoms with Crippen LogP contribution in [-0.4, -0.2) is 12.5 Å². The summed E-state index contributed by atoms with van der Waals surface area (Å²) in [6, 6.07) is 3.88. The molecule has 0 fully saturated rings. The average Bonchev–Trinajstić information content (AvgIpc) is 2.23. The van der Waals surface area contributed by atoms with Crippen molar-refractivity contribution in [3.63, 3.8) is 0 Å². The standard InChI is InChI=1S/C10H11NO2.C2H6/c1-6-3-8-9(4-7(6)2)13-5-10(12)11-8;1-2/h3-4H,5H2,1-2H3,(H,11,12);1-2H3. The maximum atomic E-state index is 11.0. The van der Waals surface area contributed by atoms with Crippen LogP contribution in [0, 0.1) is 13.8 Å². The Balaban J connectivity index is 0.000000531. The van der Waals surface area contributed by atoms with E-state index in [1.165, 1.54) is 5.56 Å². The van der Waals surface area contributed by atoms with Crippen molar-refractivity contribution >= 4 is 11.6 Å². The number of hydrogen-bond acceptors (Lipinski definition) is 2. The summed E-state index contributed by atoms with van der Waals surface area (Å²) in [7, 11) is 0. The topological polar surface area (TPSA) is 38.3 Å². The third-order valence-electron chi connectivity index (χ3n) is 2.23. The minimum Gasteiger partial charge on any atom is -0.482 e. The molecule has 0 saturated carbocycles. The van der Waals surface area contributed by atoms with E-state index in [1.54, 1.807) is 0 Å². The molecule has 0 spiro atoms. The largest absolute Gasteiger partial charge is 0.482 e. The van der Waals surface area contributed by atoms with Crippen molar-refractivity contribution in [3.05, 3.63) is 23.3 Å². The second kappa shape index (κ2) is 4.82. The van der Waals surface area contributed by atoms with E-state index >= 15 is 0 Å². The summed E-state index contributed by atoms with van der Waals surface area (Å²) in [5.74, 6) is 0.679. The minimum atomic E-state index is -0.0873. The number of nitrogens with one attached hydrogen (secondary N) is 1. The normalized spacial score (nSPS) is 12.9. The van der Waals surface area contributed by atoms with Crippen molar-refractivity contribution in [2.24, 2.45) is 0 Å². The van der Waals surface area contributed by atoms with Gasteiger partial charge in [0.2, 0.25) is 0 Å². The second-order valence-electron chi connectivity index (χ2n) is 3.27. The Morgan fingerprint density at radius 1 is 1.20 bits per heavy atom. The Bertz CT molecular complexity index is 372. The molecule has 3 nitrogen and oxygen atoms in total. The van der Waals surface area contributed by atoms with Gasteiger partial charge in [-0.05, 0) is 37.1 Å². The van der Waals surface area contributed by atoms with Gasteiger partial charge >= 0.3 is 0 Å². The summed E-state index contributed by atoms with van der Waals surface area (Å²) in [5.41, 5.74) is 3.11. The lowest BCUT2D eigenvalue weighted by Crippen LogP contribution is -2.25. The maximum absolute atomic E-state index is 11.0. The molecule has 0 saturated heterocycles. The first-order chi connectivity index (χ1) is 7.16. The first-order valence-corrected chi connectivity index (χ1v) is 5.21. The van der Waals surface area contributed by atoms with Crippen LogP contribution in [0.25, 0.3) is 0 Å². The van der Waals surface area contributed by atoms with Crippen molar-refractivity contribution in [3.8, 4) is 5.75 Å². The molecule has 0 bridgehead atoms. The van der Waals surface area contributed by atoms with Gasteiger partial charge in [-0.15, -0.1) is 0 Å². The molecule has 3 heteroatoms. The summed E-state index contributed by atoms with van der Waals surface area (Å²) in [5, 5.41) is 2.76. The number of amides is 1. The van der Waals surface area contributed by atoms with Gasteiger partial charge in [-0.25, -0.2) is 0 Å². The predicted octanol–water partition coefficient (Wildman–Crippen LogP) is 2.66. The third-order valence-corrected chi connectivity index (χ3v) is 2.23. The van der Waals surface area contributed by atoms with Gasteiger partial charge < -0.3 is 10.1 Å². The van der Waals surface area contributed by atoms with Crippen LogP contribution in [0.1, 0.15) is 25.0 Å². The molecule has 1 aliphatic heterocycles. The molecular formula is C12H17NO2. The van der Waals surface area contributed by atoms with Crippen LogP contribution in [0.3, 0.4) is 0 Å². The Hall–Kier alpha value is -1.51. The fraction of sp³-hybridized carbons (Fsp3) is 0.417. The van der Waals surface area contributed by atoms with Gasteiger partial charge in [0, 0.05) is 0 Å². The van der Waals surface area contributed by atoms with Crippen molar-refractivity contribution in [2.75, 3.05) is 11.9 Å². The molecule has 1 N–H and O–H groups in total. The van der Waals surface area contributed by atoms with Crippen molar-refractivity contribution in [1.29, 1.82) is 0 Å². The molecule has 82 valence electrons. The number of hydrogen-bond donors (Lipinski definition) is 1. The average molecular weight is 207 g/mol. The van der Waals surface area contributed by atoms with E-state index in [9.17, 15) is 4.79 Å². The predicted molar refractivity (Wildman–Crippen MR) is 61.4 cm³/mol. The Labute approximate surface area is 90.4 Å². The number of carbonyl (C=O) groups is 1. The number of rotatable bonds is 0. The Morgan fingerprint density at radius 2 is 1.80 bits per heavy atom. The molecule has 0 radical (unpaired) electrons. The van der Waals surface area contributed by atoms with Crippen molar-refractivity contribution in [2.45, 2.75) is 27.7 Å². The summed E-state index contributed by atoms with van der Waals surface area (Å²) >= 11 is 0. The lowest BCUT2D eigenvalue weighted by molar-refractivity contribution is -0.118. The number of benzene rings is 1. The lowest BCUT2D eigenvalue weighted by atomic mass is 10.1. The maximum Gasteiger partial charge on any atom is 0.262 e. The van der Waals surface area contributed by atoms with Gasteiger partial charge in [0.1, 0.15) is 5.75 Å². The van der Waals surface area contributed by atoms with Crippen molar-refractivity contribution in [1.82, 2.24) is 0 Å². The van der Waals surface area contributed by atoms with Crippen molar-refractivity contribution < 1.29 is 9.53 Å². The van der Waals surface area contributed by atoms with Crippen LogP contribution in [0.2, 0.25) is 0 Å². The fourth-order valence-corrected chi connectivity index (χ4v) is 1.34. The fourth-order valence-electron chi connectivity index (χ4n) is 1.34. The van der Waals surface area contributed by atoms with Gasteiger partial charge in [0.25, 0.3) is 5.91 Å². The number of anilines is 1. The number of carbonyl (C=O) groups excluding carboxylic acids is 1. The van der Waals surface area contributed by atoms with E-state index in [1.807, 2.05) is 39.8 Å². The molecule has 1 aromatic rings. The summed E-state index contributed by atoms with van der Waals surface area (Å²) < 4.78 is 5.26. The van der Waals surface area contributed by atoms with Gasteiger partial charge in [0.15, 0.2) is 6.61 Å². The van der Waals surface area contributed by atoms with Crippen LogP contribution in [0.5, 0.6) is 5.75 Å². The summed E-state index contributed by atoms with van der Waals surface area (Å²) in [4.78, 5) is 11.0. The molecule has 15 heavy (non-hydrogen) atoms. The summed E-state index contributed by atoms with van der Waals surface area (Å²) in [6.07, 6.45) is 0. The van der Waals surface area contributed by atoms with Crippen LogP contribution < -0.4 is 10.1 Å². The van der Waals surface area contributed by atoms with Crippen LogP contribution in [0.4, 0.5) is 5.69 Å². The highest BCUT2D eigenvalue weighted by atomic mass is 16.5. The first-order valence-electron chi connectivity index (χ1n) is 5.21. The van der Waals surface area contributed by atoms with Gasteiger partial charge in [-0.1, -0.05) is 13.8 Å². The van der Waals surface area contributed by atoms with Gasteiger partial charge in [-0.3, -0.25) is 4.79 Å². The van der Waals surface area contributed by atoms with Gasteiger partial charge in [0.05, 0.1) is 5.69 Å². The highest BCUT2D eigenvalue weighted by molar-refractivity contribution is 5.95. The SMILES string of the molecule is CC.Cc1cc2c(cc1C)OCC(=O)N2. The molecule has 1 aromatic carbocycles. The highest BCUT2D eigenvalue weighted by Gasteiger charge is 2.16. The molecule has 1 aliphatic rings. The zero-order valence-corrected chi connectivity index (χ0v) is 9.68. The molecular weight excluding hydrogens is 190 g/mol. The highest BCUT2D eigenvalue weighted by Crippen LogP contribution is 2.30. The third kappa shape index (κ3) is 2.49. The van der Waals surface area contributed by atoms with Gasteiger partial charge in [-0.2, -0.15) is 0 Å². The van der Waals surface area contributed by atoms with E-state index in [0.29, 0.717) is 0 Å². The molecule has 2 rings (SSSR count). The van der Waals surface area contributed by atoms with Crippen LogP contribution >= 0.6 is 0 Å². The zero-order chi connectivity index (χ0) is 11.4. The van der Waals surface area contributed by atoms with E-state index < -0.39 is 0 Å². The molecule has 0 aromatic heterocycles. The van der Waals surface area contributed by atoms with E-state index in [4.69, 9.17) is 4.74 Å². The first kappa shape index (κ1) is 11.6. The monoisotopic (exact) mass is 207 g/mol. The number of fused-ring (bicyclic) bond motifs is 1. The summed E-state index contributed by atoms with van der Waals surface area (Å²) in [6.45, 7) is 8.15. The molecule has 1 heterocycles. The smallest absolute Gasteiger partial charge is 0.262 e. The Morgan fingerprint density at radius 3 is 2.47 bits per heavy atom. The van der Waals surface area contributed by atoms with E-state index in [2.05, 4.69) is 5.32 Å². The van der Waals surface area contributed by atoms with Crippen LogP contribution in [0.15, 0.2) is 12.1 Å². The Kier molecular flexibility index (Phi) is 3.72. The quantitative estimate of drug-likeness (QED) is 0.710.